The molecule has 1 aliphatic carbocycles. The van der Waals surface area contributed by atoms with Crippen molar-refractivity contribution in [3.05, 3.63) is 35.9 Å². The highest BCUT2D eigenvalue weighted by Gasteiger charge is 2.55. The molecule has 2 atom stereocenters. The van der Waals surface area contributed by atoms with Gasteiger partial charge in [0.15, 0.2) is 0 Å². The molecule has 2 saturated heterocycles. The number of rotatable bonds is 4. The SMILES string of the molecule is COC(=O)C1CN(C(=O)CC2(c3ccccc3)CCCO2)CC12CCC2. The zero-order valence-electron chi connectivity index (χ0n) is 15.4. The summed E-state index contributed by atoms with van der Waals surface area (Å²) in [6.07, 6.45) is 5.33. The molecule has 1 aromatic carbocycles. The first-order valence-corrected chi connectivity index (χ1v) is 9.64. The summed E-state index contributed by atoms with van der Waals surface area (Å²) >= 11 is 0. The highest BCUT2D eigenvalue weighted by Crippen LogP contribution is 2.52. The van der Waals surface area contributed by atoms with Crippen LogP contribution in [0.3, 0.4) is 0 Å². The maximum atomic E-state index is 13.2. The largest absolute Gasteiger partial charge is 0.469 e. The number of amides is 1. The van der Waals surface area contributed by atoms with Crippen LogP contribution in [-0.2, 0) is 24.7 Å². The Kier molecular flexibility index (Phi) is 4.51. The van der Waals surface area contributed by atoms with Gasteiger partial charge in [-0.05, 0) is 31.2 Å². The van der Waals surface area contributed by atoms with Gasteiger partial charge in [-0.2, -0.15) is 0 Å². The van der Waals surface area contributed by atoms with Crippen molar-refractivity contribution in [3.8, 4) is 0 Å². The minimum Gasteiger partial charge on any atom is -0.469 e. The fraction of sp³-hybridized carbons (Fsp3) is 0.619. The number of benzene rings is 1. The van der Waals surface area contributed by atoms with Gasteiger partial charge in [-0.25, -0.2) is 0 Å². The first-order valence-electron chi connectivity index (χ1n) is 9.64. The first kappa shape index (κ1) is 17.5. The summed E-state index contributed by atoms with van der Waals surface area (Å²) in [4.78, 5) is 27.3. The van der Waals surface area contributed by atoms with E-state index in [1.165, 1.54) is 7.11 Å². The maximum absolute atomic E-state index is 13.2. The molecule has 1 amide bonds. The summed E-state index contributed by atoms with van der Waals surface area (Å²) in [5, 5.41) is 0. The van der Waals surface area contributed by atoms with Crippen molar-refractivity contribution in [2.75, 3.05) is 26.8 Å². The second-order valence-corrected chi connectivity index (χ2v) is 8.06. The van der Waals surface area contributed by atoms with Crippen molar-refractivity contribution in [1.29, 1.82) is 0 Å². The predicted molar refractivity (Wildman–Crippen MR) is 96.3 cm³/mol. The number of ether oxygens (including phenoxy) is 2. The Hall–Kier alpha value is -1.88. The molecule has 3 aliphatic rings. The highest BCUT2D eigenvalue weighted by molar-refractivity contribution is 5.81. The van der Waals surface area contributed by atoms with E-state index in [0.29, 0.717) is 26.1 Å². The molecular formula is C21H27NO4. The van der Waals surface area contributed by atoms with E-state index in [1.807, 2.05) is 35.2 Å². The van der Waals surface area contributed by atoms with Crippen molar-refractivity contribution in [2.24, 2.45) is 11.3 Å². The van der Waals surface area contributed by atoms with Crippen LogP contribution in [0.2, 0.25) is 0 Å². The molecule has 0 N–H and O–H groups in total. The molecule has 0 bridgehead atoms. The number of likely N-dealkylation sites (tertiary alicyclic amines) is 1. The molecule has 5 nitrogen and oxygen atoms in total. The summed E-state index contributed by atoms with van der Waals surface area (Å²) in [5.41, 5.74) is 0.501. The van der Waals surface area contributed by atoms with Crippen LogP contribution in [0.15, 0.2) is 30.3 Å². The molecule has 2 heterocycles. The minimum absolute atomic E-state index is 0.0564. The third kappa shape index (κ3) is 2.82. The van der Waals surface area contributed by atoms with E-state index in [9.17, 15) is 9.59 Å². The lowest BCUT2D eigenvalue weighted by Gasteiger charge is -2.41. The topological polar surface area (TPSA) is 55.8 Å². The third-order valence-electron chi connectivity index (χ3n) is 6.68. The molecule has 140 valence electrons. The molecule has 0 aromatic heterocycles. The summed E-state index contributed by atoms with van der Waals surface area (Å²) in [5.74, 6) is -0.259. The smallest absolute Gasteiger partial charge is 0.311 e. The van der Waals surface area contributed by atoms with Crippen LogP contribution in [0, 0.1) is 11.3 Å². The quantitative estimate of drug-likeness (QED) is 0.778. The molecule has 1 saturated carbocycles. The van der Waals surface area contributed by atoms with E-state index in [-0.39, 0.29) is 23.2 Å². The molecule has 1 aromatic rings. The van der Waals surface area contributed by atoms with Gasteiger partial charge in [0.05, 0.1) is 19.4 Å². The monoisotopic (exact) mass is 357 g/mol. The van der Waals surface area contributed by atoms with E-state index in [0.717, 1.165) is 37.7 Å². The summed E-state index contributed by atoms with van der Waals surface area (Å²) < 4.78 is 11.1. The van der Waals surface area contributed by atoms with E-state index < -0.39 is 5.60 Å². The minimum atomic E-state index is -0.519. The number of hydrogen-bond acceptors (Lipinski definition) is 4. The van der Waals surface area contributed by atoms with Crippen molar-refractivity contribution < 1.29 is 19.1 Å². The van der Waals surface area contributed by atoms with E-state index >= 15 is 0 Å². The summed E-state index contributed by atoms with van der Waals surface area (Å²) in [6, 6.07) is 10.1. The first-order chi connectivity index (χ1) is 12.6. The molecule has 3 fully saturated rings. The average Bonchev–Trinajstić information content (AvgIpc) is 3.27. The van der Waals surface area contributed by atoms with Gasteiger partial charge < -0.3 is 14.4 Å². The Morgan fingerprint density at radius 1 is 1.19 bits per heavy atom. The lowest BCUT2D eigenvalue weighted by atomic mass is 9.63. The van der Waals surface area contributed by atoms with E-state index in [1.54, 1.807) is 0 Å². The Bertz CT molecular complexity index is 677. The van der Waals surface area contributed by atoms with Gasteiger partial charge in [-0.3, -0.25) is 9.59 Å². The predicted octanol–water partition coefficient (Wildman–Crippen LogP) is 2.88. The molecule has 26 heavy (non-hydrogen) atoms. The molecule has 5 heteroatoms. The van der Waals surface area contributed by atoms with E-state index in [2.05, 4.69) is 0 Å². The molecule has 4 rings (SSSR count). The summed E-state index contributed by atoms with van der Waals surface area (Å²) in [6.45, 7) is 1.85. The normalized spacial score (nSPS) is 29.6. The molecule has 2 aliphatic heterocycles. The lowest BCUT2D eigenvalue weighted by Crippen LogP contribution is -2.42. The standard InChI is InChI=1S/C21H27NO4/c1-25-19(24)17-14-22(15-20(17)9-5-10-20)18(23)13-21(11-6-12-26-21)16-7-3-2-4-8-16/h2-4,7-8,17H,5-6,9-15H2,1H3. The Labute approximate surface area is 154 Å². The lowest BCUT2D eigenvalue weighted by molar-refractivity contribution is -0.150. The van der Waals surface area contributed by atoms with Crippen molar-refractivity contribution in [2.45, 2.75) is 44.1 Å². The Balaban J connectivity index is 1.52. The number of esters is 1. The maximum Gasteiger partial charge on any atom is 0.311 e. The fourth-order valence-corrected chi connectivity index (χ4v) is 5.03. The van der Waals surface area contributed by atoms with Crippen LogP contribution in [0.5, 0.6) is 0 Å². The van der Waals surface area contributed by atoms with Gasteiger partial charge in [0.1, 0.15) is 5.60 Å². The van der Waals surface area contributed by atoms with Crippen LogP contribution >= 0.6 is 0 Å². The Morgan fingerprint density at radius 3 is 2.54 bits per heavy atom. The van der Waals surface area contributed by atoms with Crippen LogP contribution in [0.25, 0.3) is 0 Å². The zero-order valence-corrected chi connectivity index (χ0v) is 15.4. The molecule has 1 spiro atoms. The second-order valence-electron chi connectivity index (χ2n) is 8.06. The van der Waals surface area contributed by atoms with Crippen molar-refractivity contribution in [3.63, 3.8) is 0 Å². The van der Waals surface area contributed by atoms with Gasteiger partial charge in [0.25, 0.3) is 0 Å². The highest BCUT2D eigenvalue weighted by atomic mass is 16.5. The van der Waals surface area contributed by atoms with Gasteiger partial charge in [-0.15, -0.1) is 0 Å². The number of hydrogen-bond donors (Lipinski definition) is 0. The van der Waals surface area contributed by atoms with Crippen molar-refractivity contribution in [1.82, 2.24) is 4.90 Å². The molecule has 2 unspecified atom stereocenters. The van der Waals surface area contributed by atoms with Gasteiger partial charge in [0.2, 0.25) is 5.91 Å². The number of carbonyl (C=O) groups is 2. The van der Waals surface area contributed by atoms with Crippen LogP contribution < -0.4 is 0 Å². The molecular weight excluding hydrogens is 330 g/mol. The fourth-order valence-electron chi connectivity index (χ4n) is 5.03. The van der Waals surface area contributed by atoms with Crippen molar-refractivity contribution >= 4 is 11.9 Å². The zero-order chi connectivity index (χ0) is 18.2. The van der Waals surface area contributed by atoms with Gasteiger partial charge >= 0.3 is 5.97 Å². The molecule has 0 radical (unpaired) electrons. The van der Waals surface area contributed by atoms with Gasteiger partial charge in [0, 0.05) is 25.1 Å². The number of methoxy groups -OCH3 is 1. The van der Waals surface area contributed by atoms with Crippen LogP contribution in [0.4, 0.5) is 0 Å². The summed E-state index contributed by atoms with van der Waals surface area (Å²) in [7, 11) is 1.44. The van der Waals surface area contributed by atoms with Gasteiger partial charge in [-0.1, -0.05) is 36.8 Å². The third-order valence-corrected chi connectivity index (χ3v) is 6.68. The number of carbonyl (C=O) groups excluding carboxylic acids is 2. The Morgan fingerprint density at radius 2 is 1.96 bits per heavy atom. The second kappa shape index (κ2) is 6.69. The average molecular weight is 357 g/mol. The number of nitrogens with zero attached hydrogens (tertiary/aromatic N) is 1. The van der Waals surface area contributed by atoms with Crippen LogP contribution in [0.1, 0.15) is 44.1 Å². The van der Waals surface area contributed by atoms with E-state index in [4.69, 9.17) is 9.47 Å². The van der Waals surface area contributed by atoms with Crippen LogP contribution in [-0.4, -0.2) is 43.6 Å².